The second-order valence-electron chi connectivity index (χ2n) is 4.23. The Labute approximate surface area is 134 Å². The molecular formula is C16H19ClN3O2+. The second kappa shape index (κ2) is 8.71. The van der Waals surface area contributed by atoms with Gasteiger partial charge in [0.25, 0.3) is 0 Å². The number of urea groups is 1. The highest BCUT2D eigenvalue weighted by atomic mass is 35.5. The summed E-state index contributed by atoms with van der Waals surface area (Å²) < 4.78 is 0. The average molecular weight is 321 g/mol. The molecule has 0 unspecified atom stereocenters. The molecule has 0 saturated heterocycles. The van der Waals surface area contributed by atoms with Gasteiger partial charge in [0.1, 0.15) is 0 Å². The van der Waals surface area contributed by atoms with Gasteiger partial charge in [-0.05, 0) is 31.2 Å². The van der Waals surface area contributed by atoms with E-state index in [4.69, 9.17) is 16.4 Å². The molecule has 2 aromatic rings. The Kier molecular flexibility index (Phi) is 6.95. The van der Waals surface area contributed by atoms with Crippen LogP contribution < -0.4 is 21.4 Å². The normalized spacial score (nSPS) is 9.23. The summed E-state index contributed by atoms with van der Waals surface area (Å²) in [6, 6.07) is 12.1. The molecule has 0 aromatic heterocycles. The van der Waals surface area contributed by atoms with E-state index in [1.165, 1.54) is 0 Å². The van der Waals surface area contributed by atoms with Crippen molar-refractivity contribution in [1.82, 2.24) is 0 Å². The number of carbonyl (C=O) groups excluding carboxylic acids is 1. The molecule has 2 rings (SSSR count). The van der Waals surface area contributed by atoms with E-state index in [1.54, 1.807) is 18.2 Å². The van der Waals surface area contributed by atoms with Crippen LogP contribution in [0.15, 0.2) is 55.6 Å². The van der Waals surface area contributed by atoms with Crippen molar-refractivity contribution in [3.05, 3.63) is 66.2 Å². The Balaban J connectivity index is 0.00000116. The van der Waals surface area contributed by atoms with E-state index < -0.39 is 0 Å². The predicted octanol–water partition coefficient (Wildman–Crippen LogP) is 3.63. The number of hydrogen-bond donors (Lipinski definition) is 3. The number of aryl methyl sites for hydroxylation is 1. The maximum atomic E-state index is 11.8. The summed E-state index contributed by atoms with van der Waals surface area (Å²) >= 11 is 5.88. The van der Waals surface area contributed by atoms with Crippen LogP contribution in [-0.4, -0.2) is 6.03 Å². The number of nitrogens with one attached hydrogen (secondary N) is 2. The number of benzene rings is 2. The quantitative estimate of drug-likeness (QED) is 0.596. The van der Waals surface area contributed by atoms with Crippen LogP contribution in [0.1, 0.15) is 5.56 Å². The molecular weight excluding hydrogens is 302 g/mol. The van der Waals surface area contributed by atoms with Crippen LogP contribution in [0.25, 0.3) is 0 Å². The van der Waals surface area contributed by atoms with Crippen LogP contribution in [0.2, 0.25) is 5.02 Å². The molecule has 0 radical (unpaired) electrons. The summed E-state index contributed by atoms with van der Waals surface area (Å²) in [5, 5.41) is 5.86. The molecule has 0 saturated carbocycles. The van der Waals surface area contributed by atoms with Gasteiger partial charge in [-0.1, -0.05) is 29.3 Å². The van der Waals surface area contributed by atoms with Crippen molar-refractivity contribution in [1.29, 1.82) is 0 Å². The molecule has 0 aliphatic heterocycles. The van der Waals surface area contributed by atoms with Gasteiger partial charge < -0.3 is 15.5 Å². The fourth-order valence-corrected chi connectivity index (χ4v) is 1.79. The monoisotopic (exact) mass is 320 g/mol. The molecule has 0 aliphatic rings. The Morgan fingerprint density at radius 3 is 2.23 bits per heavy atom. The van der Waals surface area contributed by atoms with Gasteiger partial charge in [-0.25, -0.2) is 4.79 Å². The van der Waals surface area contributed by atoms with E-state index in [0.29, 0.717) is 16.5 Å². The third kappa shape index (κ3) is 5.12. The van der Waals surface area contributed by atoms with Crippen molar-refractivity contribution in [2.24, 2.45) is 0 Å². The molecule has 22 heavy (non-hydrogen) atoms. The fourth-order valence-electron chi connectivity index (χ4n) is 1.62. The third-order valence-electron chi connectivity index (χ3n) is 2.65. The molecule has 5 N–H and O–H groups in total. The van der Waals surface area contributed by atoms with Crippen molar-refractivity contribution in [3.63, 3.8) is 0 Å². The number of anilines is 2. The molecule has 2 amide bonds. The topological polar surface area (TPSA) is 78.0 Å². The largest absolute Gasteiger partial charge is 0.323 e. The summed E-state index contributed by atoms with van der Waals surface area (Å²) in [6.45, 7) is 7.98. The van der Waals surface area contributed by atoms with Gasteiger partial charge in [0.15, 0.2) is 0 Å². The maximum absolute atomic E-state index is 11.8. The zero-order valence-electron chi connectivity index (χ0n) is 12.4. The Morgan fingerprint density at radius 2 is 1.64 bits per heavy atom. The lowest BCUT2D eigenvalue weighted by Crippen LogP contribution is -2.53. The predicted molar refractivity (Wildman–Crippen MR) is 90.0 cm³/mol. The lowest BCUT2D eigenvalue weighted by atomic mass is 10.2. The van der Waals surface area contributed by atoms with Crippen LogP contribution >= 0.6 is 11.6 Å². The smallest absolute Gasteiger partial charge is 0.319 e. The second-order valence-corrected chi connectivity index (χ2v) is 4.64. The van der Waals surface area contributed by atoms with Gasteiger partial charge in [-0.3, -0.25) is 0 Å². The maximum Gasteiger partial charge on any atom is 0.323 e. The molecule has 0 bridgehead atoms. The van der Waals surface area contributed by atoms with Gasteiger partial charge in [0.2, 0.25) is 5.75 Å². The number of amides is 2. The minimum atomic E-state index is -0.341. The van der Waals surface area contributed by atoms with Crippen molar-refractivity contribution in [2.75, 3.05) is 10.6 Å². The molecule has 0 atom stereocenters. The summed E-state index contributed by atoms with van der Waals surface area (Å²) in [6.07, 6.45) is 0. The molecule has 116 valence electrons. The highest BCUT2D eigenvalue weighted by Gasteiger charge is 2.07. The number of hydrogen-bond acceptors (Lipinski definition) is 2. The van der Waals surface area contributed by atoms with Gasteiger partial charge in [0, 0.05) is 17.4 Å². The van der Waals surface area contributed by atoms with Crippen LogP contribution in [0.3, 0.4) is 0 Å². The van der Waals surface area contributed by atoms with E-state index >= 15 is 0 Å². The summed E-state index contributed by atoms with van der Waals surface area (Å²) in [4.78, 5) is 16.7. The highest BCUT2D eigenvalue weighted by Crippen LogP contribution is 2.26. The zero-order chi connectivity index (χ0) is 16.5. The molecule has 6 heteroatoms. The molecule has 0 spiro atoms. The first-order chi connectivity index (χ1) is 10.6. The first-order valence-electron chi connectivity index (χ1n) is 6.45. The minimum absolute atomic E-state index is 0.341. The lowest BCUT2D eigenvalue weighted by molar-refractivity contribution is -0.635. The summed E-state index contributed by atoms with van der Waals surface area (Å²) in [5.41, 5.74) is 2.42. The molecule has 5 nitrogen and oxygen atoms in total. The Hall–Kier alpha value is -2.50. The molecule has 0 heterocycles. The molecule has 2 aromatic carbocycles. The Bertz CT molecular complexity index is 630. The lowest BCUT2D eigenvalue weighted by Gasteiger charge is -2.09. The summed E-state index contributed by atoms with van der Waals surface area (Å²) in [5.74, 6) is 3.70. The van der Waals surface area contributed by atoms with Crippen molar-refractivity contribution >= 4 is 29.0 Å². The van der Waals surface area contributed by atoms with Crippen LogP contribution in [0.5, 0.6) is 5.75 Å². The van der Waals surface area contributed by atoms with Gasteiger partial charge in [-0.15, -0.1) is 13.2 Å². The Morgan fingerprint density at radius 1 is 1.09 bits per heavy atom. The standard InChI is InChI=1S/C14H14ClN3O2.C2H4/c1-9-2-4-10(5-3-9)17-14(19)18-11-6-7-12(15)13(8-11)20-16;1-2/h2-8H,1,16H3,(H-,17,18,19);1-2H2/p+1. The van der Waals surface area contributed by atoms with E-state index in [9.17, 15) is 4.79 Å². The molecule has 0 aliphatic carbocycles. The zero-order valence-corrected chi connectivity index (χ0v) is 13.1. The summed E-state index contributed by atoms with van der Waals surface area (Å²) in [7, 11) is 0. The van der Waals surface area contributed by atoms with E-state index in [0.717, 1.165) is 11.3 Å². The van der Waals surface area contributed by atoms with Crippen LogP contribution in [0.4, 0.5) is 16.2 Å². The van der Waals surface area contributed by atoms with Crippen molar-refractivity contribution in [2.45, 2.75) is 6.92 Å². The first-order valence-corrected chi connectivity index (χ1v) is 6.82. The van der Waals surface area contributed by atoms with E-state index in [-0.39, 0.29) is 6.03 Å². The van der Waals surface area contributed by atoms with Gasteiger partial charge in [-0.2, -0.15) is 5.90 Å². The first kappa shape index (κ1) is 17.6. The SMILES string of the molecule is C=C.Cc1ccc(NC(=O)Nc2ccc(Cl)c(O[NH3+])c2)cc1. The fraction of sp³-hybridized carbons (Fsp3) is 0.0625. The van der Waals surface area contributed by atoms with E-state index in [2.05, 4.69) is 29.7 Å². The van der Waals surface area contributed by atoms with Crippen molar-refractivity contribution in [3.8, 4) is 5.75 Å². The molecule has 0 fully saturated rings. The van der Waals surface area contributed by atoms with Gasteiger partial charge in [0.05, 0.1) is 5.02 Å². The van der Waals surface area contributed by atoms with Crippen molar-refractivity contribution < 1.29 is 15.5 Å². The number of halogens is 1. The number of carbonyl (C=O) groups is 1. The third-order valence-corrected chi connectivity index (χ3v) is 2.97. The van der Waals surface area contributed by atoms with Gasteiger partial charge >= 0.3 is 6.03 Å². The van der Waals surface area contributed by atoms with E-state index in [1.807, 2.05) is 31.2 Å². The van der Waals surface area contributed by atoms with Crippen LogP contribution in [0, 0.1) is 6.92 Å². The minimum Gasteiger partial charge on any atom is -0.319 e. The highest BCUT2D eigenvalue weighted by molar-refractivity contribution is 6.32. The number of rotatable bonds is 3. The van der Waals surface area contributed by atoms with Crippen LogP contribution in [-0.2, 0) is 0 Å². The average Bonchev–Trinajstić information content (AvgIpc) is 2.53. The number of quaternary nitrogens is 1.